The number of methoxy groups -OCH3 is 2. The van der Waals surface area contributed by atoms with Crippen LogP contribution in [0.25, 0.3) is 0 Å². The molecule has 2 aliphatic heterocycles. The minimum Gasteiger partial charge on any atom is -0.504 e. The number of aromatic nitrogens is 1. The van der Waals surface area contributed by atoms with E-state index >= 15 is 0 Å². The number of amides is 2. The summed E-state index contributed by atoms with van der Waals surface area (Å²) in [5, 5.41) is 13.5. The number of likely N-dealkylation sites (tertiary alicyclic amines) is 1. The summed E-state index contributed by atoms with van der Waals surface area (Å²) in [6, 6.07) is 13.6. The van der Waals surface area contributed by atoms with Crippen molar-refractivity contribution >= 4 is 11.8 Å². The molecule has 5 rings (SSSR count). The SMILES string of the molecule is COc1cc(C(=O)N2C[C@H]3NC(=O)CCc4ccc(O)c(c4)Oc4cc(ccc4OC)[C@@H]3C2)ccn1. The molecule has 1 aromatic heterocycles. The highest BCUT2D eigenvalue weighted by atomic mass is 16.5. The third-order valence-electron chi connectivity index (χ3n) is 6.65. The van der Waals surface area contributed by atoms with Crippen LogP contribution in [-0.2, 0) is 11.2 Å². The lowest BCUT2D eigenvalue weighted by atomic mass is 9.93. The Kier molecular flexibility index (Phi) is 6.37. The first-order valence-electron chi connectivity index (χ1n) is 11.7. The zero-order valence-electron chi connectivity index (χ0n) is 20.1. The Morgan fingerprint density at radius 2 is 1.92 bits per heavy atom. The second kappa shape index (κ2) is 9.77. The highest BCUT2D eigenvalue weighted by Crippen LogP contribution is 2.40. The Hall–Kier alpha value is -4.27. The fourth-order valence-corrected chi connectivity index (χ4v) is 4.75. The number of hydrogen-bond donors (Lipinski definition) is 2. The summed E-state index contributed by atoms with van der Waals surface area (Å²) in [4.78, 5) is 32.0. The van der Waals surface area contributed by atoms with E-state index in [-0.39, 0.29) is 41.7 Å². The average Bonchev–Trinajstić information content (AvgIpc) is 3.31. The molecule has 3 heterocycles. The van der Waals surface area contributed by atoms with Crippen molar-refractivity contribution in [1.29, 1.82) is 0 Å². The normalized spacial score (nSPS) is 19.1. The van der Waals surface area contributed by atoms with Gasteiger partial charge < -0.3 is 29.5 Å². The van der Waals surface area contributed by atoms with Crippen LogP contribution < -0.4 is 19.5 Å². The minimum atomic E-state index is -0.288. The maximum atomic E-state index is 13.3. The van der Waals surface area contributed by atoms with E-state index in [0.717, 1.165) is 11.1 Å². The van der Waals surface area contributed by atoms with E-state index in [1.807, 2.05) is 12.1 Å². The summed E-state index contributed by atoms with van der Waals surface area (Å²) in [5.41, 5.74) is 2.21. The molecule has 2 atom stereocenters. The molecule has 0 unspecified atom stereocenters. The van der Waals surface area contributed by atoms with E-state index in [0.29, 0.717) is 42.5 Å². The van der Waals surface area contributed by atoms with E-state index in [1.54, 1.807) is 48.4 Å². The van der Waals surface area contributed by atoms with Crippen molar-refractivity contribution in [3.05, 3.63) is 71.4 Å². The first-order chi connectivity index (χ1) is 17.4. The topological polar surface area (TPSA) is 110 Å². The van der Waals surface area contributed by atoms with Crippen LogP contribution in [0.2, 0.25) is 0 Å². The maximum Gasteiger partial charge on any atom is 0.254 e. The van der Waals surface area contributed by atoms with Gasteiger partial charge in [-0.1, -0.05) is 12.1 Å². The highest BCUT2D eigenvalue weighted by Gasteiger charge is 2.38. The number of rotatable bonds is 3. The molecule has 2 amide bonds. The molecule has 0 spiro atoms. The van der Waals surface area contributed by atoms with Gasteiger partial charge in [0.15, 0.2) is 23.0 Å². The summed E-state index contributed by atoms with van der Waals surface area (Å²) in [6.45, 7) is 0.760. The zero-order chi connectivity index (χ0) is 25.2. The van der Waals surface area contributed by atoms with E-state index < -0.39 is 0 Å². The number of hydrogen-bond acceptors (Lipinski definition) is 7. The first kappa shape index (κ1) is 23.5. The van der Waals surface area contributed by atoms with Crippen molar-refractivity contribution in [2.24, 2.45) is 0 Å². The molecule has 9 heteroatoms. The number of nitrogens with one attached hydrogen (secondary N) is 1. The second-order valence-electron chi connectivity index (χ2n) is 8.89. The molecule has 36 heavy (non-hydrogen) atoms. The third-order valence-corrected chi connectivity index (χ3v) is 6.65. The number of phenols is 1. The number of fused-ring (bicyclic) bond motifs is 6. The largest absolute Gasteiger partial charge is 0.504 e. The molecule has 186 valence electrons. The van der Waals surface area contributed by atoms with Crippen LogP contribution >= 0.6 is 0 Å². The molecule has 2 aromatic carbocycles. The number of pyridine rings is 1. The Labute approximate surface area is 208 Å². The fraction of sp³-hybridized carbons (Fsp3) is 0.296. The molecule has 0 saturated carbocycles. The van der Waals surface area contributed by atoms with Crippen molar-refractivity contribution in [2.75, 3.05) is 27.3 Å². The molecule has 1 fully saturated rings. The van der Waals surface area contributed by atoms with Gasteiger partial charge in [-0.2, -0.15) is 0 Å². The average molecular weight is 490 g/mol. The molecule has 0 radical (unpaired) electrons. The summed E-state index contributed by atoms with van der Waals surface area (Å²) >= 11 is 0. The summed E-state index contributed by atoms with van der Waals surface area (Å²) in [6.07, 6.45) is 2.28. The first-order valence-corrected chi connectivity index (χ1v) is 11.7. The predicted octanol–water partition coefficient (Wildman–Crippen LogP) is 3.27. The smallest absolute Gasteiger partial charge is 0.254 e. The lowest BCUT2D eigenvalue weighted by Crippen LogP contribution is -2.40. The lowest BCUT2D eigenvalue weighted by Gasteiger charge is -2.21. The van der Waals surface area contributed by atoms with Gasteiger partial charge in [0.05, 0.1) is 20.3 Å². The molecular weight excluding hydrogens is 462 g/mol. The van der Waals surface area contributed by atoms with Gasteiger partial charge in [-0.05, 0) is 47.9 Å². The van der Waals surface area contributed by atoms with Gasteiger partial charge in [0.1, 0.15) is 0 Å². The van der Waals surface area contributed by atoms with Crippen LogP contribution in [0.4, 0.5) is 0 Å². The Morgan fingerprint density at radius 3 is 2.72 bits per heavy atom. The second-order valence-corrected chi connectivity index (χ2v) is 8.89. The Bertz CT molecular complexity index is 1310. The summed E-state index contributed by atoms with van der Waals surface area (Å²) in [5.74, 6) is 1.15. The number of nitrogens with zero attached hydrogens (tertiary/aromatic N) is 2. The molecular formula is C27H27N3O6. The van der Waals surface area contributed by atoms with Gasteiger partial charge >= 0.3 is 0 Å². The van der Waals surface area contributed by atoms with Gasteiger partial charge in [0, 0.05) is 43.3 Å². The van der Waals surface area contributed by atoms with Gasteiger partial charge in [0.25, 0.3) is 5.91 Å². The predicted molar refractivity (Wildman–Crippen MR) is 131 cm³/mol. The number of aromatic hydroxyl groups is 1. The fourth-order valence-electron chi connectivity index (χ4n) is 4.75. The minimum absolute atomic E-state index is 0.00572. The van der Waals surface area contributed by atoms with Crippen molar-refractivity contribution in [1.82, 2.24) is 15.2 Å². The number of carbonyl (C=O) groups is 2. The van der Waals surface area contributed by atoms with Crippen LogP contribution in [0.5, 0.6) is 28.9 Å². The van der Waals surface area contributed by atoms with E-state index in [2.05, 4.69) is 10.3 Å². The number of benzene rings is 2. The van der Waals surface area contributed by atoms with Crippen LogP contribution in [0.15, 0.2) is 54.7 Å². The molecule has 2 aliphatic rings. The number of ether oxygens (including phenoxy) is 3. The number of carbonyl (C=O) groups excluding carboxylic acids is 2. The molecule has 4 bridgehead atoms. The maximum absolute atomic E-state index is 13.3. The van der Waals surface area contributed by atoms with Crippen molar-refractivity contribution in [3.63, 3.8) is 0 Å². The third kappa shape index (κ3) is 4.64. The Morgan fingerprint density at radius 1 is 1.06 bits per heavy atom. The van der Waals surface area contributed by atoms with Crippen LogP contribution in [0.3, 0.4) is 0 Å². The molecule has 3 aromatic rings. The summed E-state index contributed by atoms with van der Waals surface area (Å²) in [7, 11) is 3.05. The van der Waals surface area contributed by atoms with Crippen molar-refractivity contribution in [3.8, 4) is 28.9 Å². The van der Waals surface area contributed by atoms with E-state index in [9.17, 15) is 14.7 Å². The number of phenolic OH excluding ortho intramolecular Hbond substituents is 1. The van der Waals surface area contributed by atoms with Crippen LogP contribution in [0, 0.1) is 0 Å². The van der Waals surface area contributed by atoms with Crippen LogP contribution in [0.1, 0.15) is 33.8 Å². The zero-order valence-corrected chi connectivity index (χ0v) is 20.1. The molecule has 0 aliphatic carbocycles. The van der Waals surface area contributed by atoms with Crippen molar-refractivity contribution < 1.29 is 28.9 Å². The molecule has 2 N–H and O–H groups in total. The number of aryl methyl sites for hydroxylation is 1. The lowest BCUT2D eigenvalue weighted by molar-refractivity contribution is -0.121. The molecule has 9 nitrogen and oxygen atoms in total. The van der Waals surface area contributed by atoms with E-state index in [4.69, 9.17) is 14.2 Å². The Balaban J connectivity index is 1.51. The highest BCUT2D eigenvalue weighted by molar-refractivity contribution is 5.94. The van der Waals surface area contributed by atoms with Gasteiger partial charge in [-0.3, -0.25) is 9.59 Å². The van der Waals surface area contributed by atoms with Crippen LogP contribution in [-0.4, -0.2) is 60.2 Å². The van der Waals surface area contributed by atoms with Crippen molar-refractivity contribution in [2.45, 2.75) is 24.8 Å². The standard InChI is InChI=1S/C27H27N3O6/c1-34-22-7-5-17-12-24(22)36-23-11-16(3-6-21(23)31)4-8-25(32)29-20-15-30(14-19(17)20)27(33)18-9-10-28-26(13-18)35-2/h3,5-7,9-13,19-20,31H,4,8,14-15H2,1-2H3,(H,29,32)/t19-,20+/m0/s1. The summed E-state index contributed by atoms with van der Waals surface area (Å²) < 4.78 is 16.7. The molecule has 1 saturated heterocycles. The quantitative estimate of drug-likeness (QED) is 0.581. The van der Waals surface area contributed by atoms with Gasteiger partial charge in [-0.15, -0.1) is 0 Å². The van der Waals surface area contributed by atoms with E-state index in [1.165, 1.54) is 13.3 Å². The van der Waals surface area contributed by atoms with Gasteiger partial charge in [-0.25, -0.2) is 4.98 Å². The van der Waals surface area contributed by atoms with Gasteiger partial charge in [0.2, 0.25) is 11.8 Å². The monoisotopic (exact) mass is 489 g/mol.